The lowest BCUT2D eigenvalue weighted by Gasteiger charge is -2.36. The Morgan fingerprint density at radius 3 is 2.71 bits per heavy atom. The topological polar surface area (TPSA) is 69.6 Å². The van der Waals surface area contributed by atoms with Crippen LogP contribution in [0.5, 0.6) is 0 Å². The van der Waals surface area contributed by atoms with Crippen molar-refractivity contribution in [2.75, 3.05) is 18.8 Å². The van der Waals surface area contributed by atoms with Crippen LogP contribution in [0.1, 0.15) is 20.3 Å². The van der Waals surface area contributed by atoms with Gasteiger partial charge in [-0.15, -0.1) is 0 Å². The number of piperidine rings is 1. The maximum Gasteiger partial charge on any atom is 0.246 e. The molecule has 2 N–H and O–H groups in total. The largest absolute Gasteiger partial charge is 0.393 e. The third-order valence-electron chi connectivity index (χ3n) is 3.03. The summed E-state index contributed by atoms with van der Waals surface area (Å²) in [5, 5.41) is 12.2. The van der Waals surface area contributed by atoms with Gasteiger partial charge in [-0.1, -0.05) is 6.92 Å². The van der Waals surface area contributed by atoms with Crippen LogP contribution in [-0.4, -0.2) is 52.8 Å². The summed E-state index contributed by atoms with van der Waals surface area (Å²) in [5.74, 6) is 0.00769. The van der Waals surface area contributed by atoms with E-state index in [9.17, 15) is 14.7 Å². The highest BCUT2D eigenvalue weighted by molar-refractivity contribution is 7.80. The van der Waals surface area contributed by atoms with Gasteiger partial charge in [0.2, 0.25) is 11.8 Å². The van der Waals surface area contributed by atoms with Crippen molar-refractivity contribution in [3.8, 4) is 0 Å². The standard InChI is InChI=1S/C11H20N2O3S/c1-7-5-13(4-3-10(7)15)11(16)9(6-17)12-8(2)14/h7,9-10,15,17H,3-6H2,1-2H3,(H,12,14). The minimum Gasteiger partial charge on any atom is -0.393 e. The van der Waals surface area contributed by atoms with Gasteiger partial charge in [0, 0.05) is 25.8 Å². The van der Waals surface area contributed by atoms with Gasteiger partial charge in [0.1, 0.15) is 6.04 Å². The van der Waals surface area contributed by atoms with Gasteiger partial charge >= 0.3 is 0 Å². The number of hydrogen-bond donors (Lipinski definition) is 3. The molecule has 0 spiro atoms. The minimum atomic E-state index is -0.571. The number of likely N-dealkylation sites (tertiary alicyclic amines) is 1. The van der Waals surface area contributed by atoms with E-state index in [1.54, 1.807) is 4.90 Å². The second kappa shape index (κ2) is 6.26. The zero-order chi connectivity index (χ0) is 13.0. The molecule has 2 amide bonds. The molecule has 98 valence electrons. The molecule has 3 atom stereocenters. The molecule has 0 bridgehead atoms. The maximum absolute atomic E-state index is 12.1. The fourth-order valence-electron chi connectivity index (χ4n) is 1.98. The number of aliphatic hydroxyl groups excluding tert-OH is 1. The monoisotopic (exact) mass is 260 g/mol. The molecule has 1 heterocycles. The van der Waals surface area contributed by atoms with Gasteiger partial charge in [-0.05, 0) is 12.3 Å². The van der Waals surface area contributed by atoms with Gasteiger partial charge in [-0.2, -0.15) is 12.6 Å². The Hall–Kier alpha value is -0.750. The molecule has 17 heavy (non-hydrogen) atoms. The van der Waals surface area contributed by atoms with Crippen molar-refractivity contribution < 1.29 is 14.7 Å². The van der Waals surface area contributed by atoms with E-state index in [-0.39, 0.29) is 29.6 Å². The van der Waals surface area contributed by atoms with Crippen molar-refractivity contribution in [3.63, 3.8) is 0 Å². The number of rotatable bonds is 3. The second-order valence-corrected chi connectivity index (χ2v) is 4.92. The van der Waals surface area contributed by atoms with Gasteiger partial charge in [0.05, 0.1) is 6.10 Å². The normalized spacial score (nSPS) is 26.5. The van der Waals surface area contributed by atoms with E-state index < -0.39 is 6.04 Å². The molecule has 1 saturated heterocycles. The fourth-order valence-corrected chi connectivity index (χ4v) is 2.23. The first kappa shape index (κ1) is 14.3. The van der Waals surface area contributed by atoms with Crippen LogP contribution in [0.25, 0.3) is 0 Å². The molecule has 1 aliphatic rings. The van der Waals surface area contributed by atoms with Gasteiger partial charge in [-0.3, -0.25) is 9.59 Å². The fraction of sp³-hybridized carbons (Fsp3) is 0.818. The van der Waals surface area contributed by atoms with Crippen LogP contribution in [-0.2, 0) is 9.59 Å². The van der Waals surface area contributed by atoms with Crippen molar-refractivity contribution >= 4 is 24.4 Å². The maximum atomic E-state index is 12.1. The minimum absolute atomic E-state index is 0.0746. The highest BCUT2D eigenvalue weighted by atomic mass is 32.1. The average molecular weight is 260 g/mol. The van der Waals surface area contributed by atoms with Gasteiger partial charge in [-0.25, -0.2) is 0 Å². The van der Waals surface area contributed by atoms with Crippen molar-refractivity contribution in [1.82, 2.24) is 10.2 Å². The third kappa shape index (κ3) is 3.89. The van der Waals surface area contributed by atoms with Crippen LogP contribution in [0.4, 0.5) is 0 Å². The lowest BCUT2D eigenvalue weighted by Crippen LogP contribution is -2.53. The van der Waals surface area contributed by atoms with E-state index in [4.69, 9.17) is 0 Å². The third-order valence-corrected chi connectivity index (χ3v) is 3.39. The van der Waals surface area contributed by atoms with Crippen LogP contribution in [0.2, 0.25) is 0 Å². The van der Waals surface area contributed by atoms with Crippen LogP contribution >= 0.6 is 12.6 Å². The number of amides is 2. The van der Waals surface area contributed by atoms with Crippen molar-refractivity contribution in [1.29, 1.82) is 0 Å². The van der Waals surface area contributed by atoms with E-state index in [0.717, 1.165) is 0 Å². The van der Waals surface area contributed by atoms with Crippen LogP contribution in [0.15, 0.2) is 0 Å². The van der Waals surface area contributed by atoms with Crippen LogP contribution < -0.4 is 5.32 Å². The number of carbonyl (C=O) groups excluding carboxylic acids is 2. The first-order valence-corrected chi connectivity index (χ1v) is 6.43. The lowest BCUT2D eigenvalue weighted by molar-refractivity contribution is -0.138. The molecule has 1 fully saturated rings. The first-order chi connectivity index (χ1) is 7.95. The number of nitrogens with zero attached hydrogens (tertiary/aromatic N) is 1. The molecule has 6 heteroatoms. The summed E-state index contributed by atoms with van der Waals surface area (Å²) in [4.78, 5) is 24.7. The summed E-state index contributed by atoms with van der Waals surface area (Å²) in [7, 11) is 0. The second-order valence-electron chi connectivity index (χ2n) is 4.55. The van der Waals surface area contributed by atoms with Crippen molar-refractivity contribution in [2.24, 2.45) is 5.92 Å². The summed E-state index contributed by atoms with van der Waals surface area (Å²) >= 11 is 4.08. The van der Waals surface area contributed by atoms with Gasteiger partial charge in [0.25, 0.3) is 0 Å². The average Bonchev–Trinajstić information content (AvgIpc) is 2.28. The Morgan fingerprint density at radius 2 is 2.24 bits per heavy atom. The Bertz CT molecular complexity index is 298. The van der Waals surface area contributed by atoms with E-state index in [0.29, 0.717) is 19.5 Å². The molecule has 5 nitrogen and oxygen atoms in total. The van der Waals surface area contributed by atoms with E-state index in [2.05, 4.69) is 17.9 Å². The number of thiol groups is 1. The summed E-state index contributed by atoms with van der Waals surface area (Å²) in [6.07, 6.45) is 0.251. The zero-order valence-electron chi connectivity index (χ0n) is 10.2. The SMILES string of the molecule is CC(=O)NC(CS)C(=O)N1CCC(O)C(C)C1. The highest BCUT2D eigenvalue weighted by Crippen LogP contribution is 2.17. The Morgan fingerprint density at radius 1 is 1.59 bits per heavy atom. The van der Waals surface area contributed by atoms with Crippen LogP contribution in [0.3, 0.4) is 0 Å². The number of carbonyl (C=O) groups is 2. The van der Waals surface area contributed by atoms with Gasteiger partial charge < -0.3 is 15.3 Å². The molecule has 0 saturated carbocycles. The highest BCUT2D eigenvalue weighted by Gasteiger charge is 2.30. The number of hydrogen-bond acceptors (Lipinski definition) is 4. The Kier molecular flexibility index (Phi) is 5.27. The van der Waals surface area contributed by atoms with E-state index >= 15 is 0 Å². The van der Waals surface area contributed by atoms with Crippen molar-refractivity contribution in [3.05, 3.63) is 0 Å². The summed E-state index contributed by atoms with van der Waals surface area (Å²) in [6.45, 7) is 4.36. The molecule has 0 aromatic rings. The summed E-state index contributed by atoms with van der Waals surface area (Å²) in [5.41, 5.74) is 0. The van der Waals surface area contributed by atoms with Crippen LogP contribution in [0, 0.1) is 5.92 Å². The zero-order valence-corrected chi connectivity index (χ0v) is 11.1. The molecule has 0 radical (unpaired) electrons. The summed E-state index contributed by atoms with van der Waals surface area (Å²) < 4.78 is 0. The molecule has 0 aliphatic carbocycles. The summed E-state index contributed by atoms with van der Waals surface area (Å²) in [6, 6.07) is -0.571. The molecular formula is C11H20N2O3S. The lowest BCUT2D eigenvalue weighted by atomic mass is 9.96. The predicted molar refractivity (Wildman–Crippen MR) is 67.8 cm³/mol. The number of aliphatic hydroxyl groups is 1. The molecule has 0 aromatic heterocycles. The Labute approximate surface area is 107 Å². The Balaban J connectivity index is 2.59. The molecule has 3 unspecified atom stereocenters. The molecule has 1 rings (SSSR count). The first-order valence-electron chi connectivity index (χ1n) is 5.80. The molecule has 1 aliphatic heterocycles. The quantitative estimate of drug-likeness (QED) is 0.608. The number of nitrogens with one attached hydrogen (secondary N) is 1. The van der Waals surface area contributed by atoms with Gasteiger partial charge in [0.15, 0.2) is 0 Å². The van der Waals surface area contributed by atoms with E-state index in [1.807, 2.05) is 6.92 Å². The smallest absolute Gasteiger partial charge is 0.246 e. The molecular weight excluding hydrogens is 240 g/mol. The molecule has 0 aromatic carbocycles. The van der Waals surface area contributed by atoms with Crippen molar-refractivity contribution in [2.45, 2.75) is 32.4 Å². The predicted octanol–water partition coefficient (Wildman–Crippen LogP) is -0.350. The van der Waals surface area contributed by atoms with E-state index in [1.165, 1.54) is 6.92 Å².